The van der Waals surface area contributed by atoms with E-state index in [9.17, 15) is 14.4 Å². The number of ether oxygens (including phenoxy) is 2. The first kappa shape index (κ1) is 37.6. The summed E-state index contributed by atoms with van der Waals surface area (Å²) in [5.74, 6) is 0.565. The van der Waals surface area contributed by atoms with Crippen LogP contribution in [0.2, 0.25) is 0 Å². The van der Waals surface area contributed by atoms with Crippen molar-refractivity contribution in [2.75, 3.05) is 33.3 Å². The third-order valence-corrected chi connectivity index (χ3v) is 16.7. The van der Waals surface area contributed by atoms with E-state index in [4.69, 9.17) is 9.47 Å². The Morgan fingerprint density at radius 2 is 1.50 bits per heavy atom. The van der Waals surface area contributed by atoms with Gasteiger partial charge in [0.05, 0.1) is 23.7 Å². The van der Waals surface area contributed by atoms with E-state index < -0.39 is 11.9 Å². The molecule has 1 aromatic rings. The molecule has 1 aliphatic heterocycles. The van der Waals surface area contributed by atoms with Crippen LogP contribution in [0.4, 0.5) is 0 Å². The Labute approximate surface area is 313 Å². The fourth-order valence-electron chi connectivity index (χ4n) is 13.5. The number of carbonyl (C=O) groups is 3. The lowest BCUT2D eigenvalue weighted by Crippen LogP contribution is -2.65. The number of amides is 1. The van der Waals surface area contributed by atoms with Crippen LogP contribution in [0.5, 0.6) is 0 Å². The van der Waals surface area contributed by atoms with Crippen LogP contribution in [0.3, 0.4) is 0 Å². The fraction of sp³-hybridized carbons (Fsp3) is 0.756. The van der Waals surface area contributed by atoms with Crippen LogP contribution in [-0.2, 0) is 14.3 Å². The molecule has 7 nitrogen and oxygen atoms in total. The Kier molecular flexibility index (Phi) is 9.60. The highest BCUT2D eigenvalue weighted by atomic mass is 16.5. The maximum Gasteiger partial charge on any atom is 0.339 e. The van der Waals surface area contributed by atoms with E-state index in [1.54, 1.807) is 29.8 Å². The number of benzene rings is 1. The Morgan fingerprint density at radius 1 is 0.827 bits per heavy atom. The van der Waals surface area contributed by atoms with E-state index >= 15 is 0 Å². The number of nitrogens with zero attached hydrogens (tertiary/aromatic N) is 1. The zero-order chi connectivity index (χ0) is 37.3. The Balaban J connectivity index is 1.14. The molecule has 0 aromatic heterocycles. The van der Waals surface area contributed by atoms with Gasteiger partial charge in [0.15, 0.2) is 0 Å². The van der Waals surface area contributed by atoms with Crippen molar-refractivity contribution in [3.8, 4) is 0 Å². The second-order valence-electron chi connectivity index (χ2n) is 20.0. The Bertz CT molecular complexity index is 1610. The topological polar surface area (TPSA) is 84.9 Å². The van der Waals surface area contributed by atoms with Gasteiger partial charge in [-0.15, -0.1) is 0 Å². The van der Waals surface area contributed by atoms with Crippen LogP contribution >= 0.6 is 0 Å². The molecule has 1 N–H and O–H groups in total. The van der Waals surface area contributed by atoms with Crippen molar-refractivity contribution in [2.45, 2.75) is 132 Å². The van der Waals surface area contributed by atoms with Gasteiger partial charge in [0.1, 0.15) is 6.10 Å². The molecule has 1 saturated heterocycles. The molecule has 0 bridgehead atoms. The third kappa shape index (κ3) is 5.80. The highest BCUT2D eigenvalue weighted by Crippen LogP contribution is 2.76. The first-order valence-corrected chi connectivity index (χ1v) is 20.6. The summed E-state index contributed by atoms with van der Waals surface area (Å²) in [6, 6.07) is 6.81. The summed E-state index contributed by atoms with van der Waals surface area (Å²) in [6.45, 7) is 21.3. The molecule has 52 heavy (non-hydrogen) atoms. The lowest BCUT2D eigenvalue weighted by Gasteiger charge is -2.71. The van der Waals surface area contributed by atoms with Gasteiger partial charge in [-0.2, -0.15) is 0 Å². The van der Waals surface area contributed by atoms with Gasteiger partial charge in [0.2, 0.25) is 5.91 Å². The van der Waals surface area contributed by atoms with Gasteiger partial charge >= 0.3 is 11.9 Å². The molecule has 5 aliphatic carbocycles. The summed E-state index contributed by atoms with van der Waals surface area (Å²) in [5.41, 5.74) is 2.10. The minimum atomic E-state index is -0.525. The molecule has 286 valence electrons. The van der Waals surface area contributed by atoms with Crippen LogP contribution in [0.15, 0.2) is 35.9 Å². The maximum atomic E-state index is 14.4. The van der Waals surface area contributed by atoms with Crippen molar-refractivity contribution < 1.29 is 23.9 Å². The van der Waals surface area contributed by atoms with Crippen LogP contribution in [0.1, 0.15) is 146 Å². The molecule has 1 aromatic carbocycles. The molecular formula is C45H66N2O5. The standard InChI is InChI=1S/C45H66N2O5/c1-40(2)21-23-45(39(50)46-25-28-47-26-11-12-27-47)24-22-43(6)32(33(45)29-40)15-16-35-42(5)19-18-36(41(3,4)34(42)17-20-44(35,43)7)52-38(49)31-14-10-9-13-30(31)37(48)51-8/h9-10,13-15,33-36H,11-12,16-29H2,1-8H3,(H,46,50)/t33-,34-,35?,36-,42-,43+,44+,45-/m0/s1. The number of fused-ring (bicyclic) bond motifs is 7. The molecule has 7 heteroatoms. The monoisotopic (exact) mass is 714 g/mol. The highest BCUT2D eigenvalue weighted by Gasteiger charge is 2.69. The van der Waals surface area contributed by atoms with Gasteiger partial charge in [-0.1, -0.05) is 72.2 Å². The Morgan fingerprint density at radius 3 is 2.19 bits per heavy atom. The Hall–Kier alpha value is -2.67. The number of esters is 2. The summed E-state index contributed by atoms with van der Waals surface area (Å²) in [6.07, 6.45) is 15.4. The molecule has 1 amide bonds. The van der Waals surface area contributed by atoms with Gasteiger partial charge in [0, 0.05) is 18.5 Å². The first-order chi connectivity index (χ1) is 24.5. The van der Waals surface area contributed by atoms with E-state index in [0.29, 0.717) is 23.7 Å². The SMILES string of the molecule is COC(=O)c1ccccc1C(=O)O[C@H]1CC[C@]2(C)C3CC=C4[C@@H]5CC(C)(C)CC[C@]5(C(=O)NCCN5CCCC5)CC[C@@]4(C)[C@]3(C)CC[C@H]2C1(C)C. The highest BCUT2D eigenvalue weighted by molar-refractivity contribution is 6.03. The van der Waals surface area contributed by atoms with Crippen molar-refractivity contribution in [1.29, 1.82) is 0 Å². The molecule has 1 unspecified atom stereocenters. The number of carbonyl (C=O) groups excluding carboxylic acids is 3. The molecule has 0 radical (unpaired) electrons. The second-order valence-corrected chi connectivity index (χ2v) is 20.0. The van der Waals surface area contributed by atoms with Gasteiger partial charge in [-0.25, -0.2) is 9.59 Å². The fourth-order valence-corrected chi connectivity index (χ4v) is 13.5. The molecule has 8 atom stereocenters. The first-order valence-electron chi connectivity index (χ1n) is 20.6. The zero-order valence-corrected chi connectivity index (χ0v) is 33.5. The predicted molar refractivity (Wildman–Crippen MR) is 205 cm³/mol. The molecule has 6 aliphatic rings. The average Bonchev–Trinajstić information content (AvgIpc) is 3.63. The van der Waals surface area contributed by atoms with Gasteiger partial charge in [-0.05, 0) is 142 Å². The van der Waals surface area contributed by atoms with Crippen LogP contribution in [0.25, 0.3) is 0 Å². The van der Waals surface area contributed by atoms with Gasteiger partial charge < -0.3 is 19.7 Å². The van der Waals surface area contributed by atoms with Crippen molar-refractivity contribution in [1.82, 2.24) is 10.2 Å². The minimum Gasteiger partial charge on any atom is -0.465 e. The number of methoxy groups -OCH3 is 1. The van der Waals surface area contributed by atoms with Crippen molar-refractivity contribution in [3.63, 3.8) is 0 Å². The largest absolute Gasteiger partial charge is 0.465 e. The van der Waals surface area contributed by atoms with Gasteiger partial charge in [0.25, 0.3) is 0 Å². The zero-order valence-electron chi connectivity index (χ0n) is 33.5. The minimum absolute atomic E-state index is 0.0480. The van der Waals surface area contributed by atoms with E-state index in [-0.39, 0.29) is 49.7 Å². The summed E-state index contributed by atoms with van der Waals surface area (Å²) in [7, 11) is 1.34. The molecule has 5 fully saturated rings. The normalized spacial score (nSPS) is 39.1. The average molecular weight is 715 g/mol. The number of rotatable bonds is 7. The quantitative estimate of drug-likeness (QED) is 0.224. The van der Waals surface area contributed by atoms with Crippen molar-refractivity contribution in [2.24, 2.45) is 50.2 Å². The van der Waals surface area contributed by atoms with E-state index in [2.05, 4.69) is 64.8 Å². The van der Waals surface area contributed by atoms with E-state index in [0.717, 1.165) is 90.4 Å². The van der Waals surface area contributed by atoms with Crippen LogP contribution < -0.4 is 5.32 Å². The van der Waals surface area contributed by atoms with Crippen molar-refractivity contribution in [3.05, 3.63) is 47.0 Å². The number of nitrogens with one attached hydrogen (secondary N) is 1. The summed E-state index contributed by atoms with van der Waals surface area (Å²) < 4.78 is 11.3. The number of allylic oxidation sites excluding steroid dienone is 2. The summed E-state index contributed by atoms with van der Waals surface area (Å²) >= 11 is 0. The lowest BCUT2D eigenvalue weighted by molar-refractivity contribution is -0.204. The number of likely N-dealkylation sites (tertiary alicyclic amines) is 1. The smallest absolute Gasteiger partial charge is 0.339 e. The number of hydrogen-bond donors (Lipinski definition) is 1. The molecule has 4 saturated carbocycles. The molecule has 7 rings (SSSR count). The van der Waals surface area contributed by atoms with Crippen molar-refractivity contribution >= 4 is 17.8 Å². The van der Waals surface area contributed by atoms with Crippen LogP contribution in [-0.4, -0.2) is 62.1 Å². The maximum absolute atomic E-state index is 14.4. The van der Waals surface area contributed by atoms with Gasteiger partial charge in [-0.3, -0.25) is 4.79 Å². The molecule has 0 spiro atoms. The van der Waals surface area contributed by atoms with Crippen LogP contribution in [0, 0.1) is 50.2 Å². The predicted octanol–water partition coefficient (Wildman–Crippen LogP) is 9.01. The number of hydrogen-bond acceptors (Lipinski definition) is 6. The lowest BCUT2D eigenvalue weighted by atomic mass is 9.33. The summed E-state index contributed by atoms with van der Waals surface area (Å²) in [4.78, 5) is 43.1. The van der Waals surface area contributed by atoms with E-state index in [1.165, 1.54) is 20.0 Å². The second kappa shape index (κ2) is 13.3. The van der Waals surface area contributed by atoms with E-state index in [1.807, 2.05) is 0 Å². The molecule has 1 heterocycles. The third-order valence-electron chi connectivity index (χ3n) is 16.7. The summed E-state index contributed by atoms with van der Waals surface area (Å²) in [5, 5.41) is 3.50. The molecular weight excluding hydrogens is 649 g/mol.